The quantitative estimate of drug-likeness (QED) is 0.0222. The number of carbonyl (C=O) groups excluding carboxylic acids is 4. The van der Waals surface area contributed by atoms with E-state index in [0.717, 1.165) is 108 Å². The van der Waals surface area contributed by atoms with Crippen LogP contribution in [-0.2, 0) is 65.4 Å². The van der Waals surface area contributed by atoms with Gasteiger partial charge in [-0.15, -0.1) is 0 Å². The van der Waals surface area contributed by atoms with Gasteiger partial charge in [-0.1, -0.05) is 325 Å². The van der Waals surface area contributed by atoms with Gasteiger partial charge in [0.15, 0.2) is 12.2 Å². The second-order valence-electron chi connectivity index (χ2n) is 28.1. The molecule has 0 aliphatic carbocycles. The molecule has 2 unspecified atom stereocenters. The minimum absolute atomic E-state index is 0.106. The normalized spacial score (nSPS) is 14.1. The Kier molecular flexibility index (Phi) is 63.4. The van der Waals surface area contributed by atoms with Crippen LogP contribution in [0.4, 0.5) is 0 Å². The van der Waals surface area contributed by atoms with Crippen LogP contribution in [0, 0.1) is 17.8 Å². The Morgan fingerprint density at radius 1 is 0.290 bits per heavy atom. The van der Waals surface area contributed by atoms with Crippen LogP contribution in [0.15, 0.2) is 0 Å². The molecule has 19 heteroatoms. The zero-order chi connectivity index (χ0) is 68.7. The average molecular weight is 1370 g/mol. The van der Waals surface area contributed by atoms with Gasteiger partial charge >= 0.3 is 39.5 Å². The van der Waals surface area contributed by atoms with E-state index in [-0.39, 0.29) is 25.7 Å². The van der Waals surface area contributed by atoms with Gasteiger partial charge in [0.25, 0.3) is 0 Å². The Morgan fingerprint density at radius 2 is 0.495 bits per heavy atom. The van der Waals surface area contributed by atoms with E-state index >= 15 is 0 Å². The summed E-state index contributed by atoms with van der Waals surface area (Å²) in [4.78, 5) is 72.7. The van der Waals surface area contributed by atoms with Gasteiger partial charge in [0.1, 0.15) is 19.3 Å². The second kappa shape index (κ2) is 64.7. The van der Waals surface area contributed by atoms with Gasteiger partial charge in [-0.25, -0.2) is 9.13 Å². The predicted octanol–water partition coefficient (Wildman–Crippen LogP) is 21.4. The molecule has 17 nitrogen and oxygen atoms in total. The van der Waals surface area contributed by atoms with E-state index in [1.165, 1.54) is 186 Å². The van der Waals surface area contributed by atoms with Crippen LogP contribution in [0.1, 0.15) is 376 Å². The molecule has 3 N–H and O–H groups in total. The fourth-order valence-corrected chi connectivity index (χ4v) is 12.8. The molecule has 0 aliphatic rings. The first-order valence-corrected chi connectivity index (χ1v) is 41.3. The summed E-state index contributed by atoms with van der Waals surface area (Å²) in [5, 5.41) is 10.6. The number of aliphatic hydroxyl groups excluding tert-OH is 1. The van der Waals surface area contributed by atoms with E-state index in [1.54, 1.807) is 0 Å². The van der Waals surface area contributed by atoms with E-state index in [4.69, 9.17) is 37.0 Å². The number of phosphoric acid groups is 2. The third-order valence-corrected chi connectivity index (χ3v) is 19.0. The lowest BCUT2D eigenvalue weighted by atomic mass is 10.0. The largest absolute Gasteiger partial charge is 0.472 e. The molecule has 552 valence electrons. The Morgan fingerprint density at radius 3 is 0.731 bits per heavy atom. The number of aliphatic hydroxyl groups is 1. The predicted molar refractivity (Wildman–Crippen MR) is 377 cm³/mol. The van der Waals surface area contributed by atoms with E-state index in [0.29, 0.717) is 25.7 Å². The van der Waals surface area contributed by atoms with Crippen molar-refractivity contribution in [3.8, 4) is 0 Å². The van der Waals surface area contributed by atoms with E-state index in [1.807, 2.05) is 0 Å². The smallest absolute Gasteiger partial charge is 0.462 e. The Labute approximate surface area is 568 Å². The van der Waals surface area contributed by atoms with Gasteiger partial charge in [0.05, 0.1) is 26.4 Å². The van der Waals surface area contributed by atoms with Crippen LogP contribution in [-0.4, -0.2) is 96.7 Å². The van der Waals surface area contributed by atoms with Crippen LogP contribution in [0.5, 0.6) is 0 Å². The fourth-order valence-electron chi connectivity index (χ4n) is 11.2. The van der Waals surface area contributed by atoms with E-state index < -0.39 is 97.5 Å². The Bertz CT molecular complexity index is 1820. The lowest BCUT2D eigenvalue weighted by Gasteiger charge is -2.21. The monoisotopic (exact) mass is 1370 g/mol. The standard InChI is InChI=1S/C74H144O17P2/c1-8-9-10-11-12-13-27-34-41-48-55-71(76)84-61-69(91-74(79)58-51-44-37-30-23-22-26-33-40-47-54-67(6)7)63-88-92(80,81)86-59-68(75)60-87-93(82,83)89-64-70(90-73(78)57-50-43-36-29-21-17-15-19-25-32-39-46-53-66(4)5)62-85-72(77)56-49-42-35-28-20-16-14-18-24-31-38-45-52-65(2)3/h65-70,75H,8-64H2,1-7H3,(H,80,81)(H,82,83)/t68-,69+,70+/m0/s1. The number of rotatable bonds is 72. The summed E-state index contributed by atoms with van der Waals surface area (Å²) in [6.07, 6.45) is 49.8. The molecular weight excluding hydrogens is 1220 g/mol. The second-order valence-corrected chi connectivity index (χ2v) is 31.0. The van der Waals surface area contributed by atoms with Crippen molar-refractivity contribution in [3.63, 3.8) is 0 Å². The molecule has 0 aromatic heterocycles. The summed E-state index contributed by atoms with van der Waals surface area (Å²) in [7, 11) is -9.91. The third-order valence-electron chi connectivity index (χ3n) is 17.1. The van der Waals surface area contributed by atoms with Crippen molar-refractivity contribution in [1.82, 2.24) is 0 Å². The maximum absolute atomic E-state index is 13.1. The van der Waals surface area contributed by atoms with E-state index in [2.05, 4.69) is 48.5 Å². The van der Waals surface area contributed by atoms with Crippen LogP contribution in [0.3, 0.4) is 0 Å². The SMILES string of the molecule is CCCCCCCCCCCCC(=O)OC[C@H](COP(=O)(O)OC[C@H](O)COP(=O)(O)OC[C@@H](COC(=O)CCCCCCCCCCCCCCC(C)C)OC(=O)CCCCCCCCCCCCCCC(C)C)OC(=O)CCCCCCCCCCCCC(C)C. The molecule has 0 amide bonds. The minimum Gasteiger partial charge on any atom is -0.462 e. The molecular formula is C74H144O17P2. The van der Waals surface area contributed by atoms with Gasteiger partial charge in [-0.3, -0.25) is 37.3 Å². The van der Waals surface area contributed by atoms with Crippen molar-refractivity contribution in [3.05, 3.63) is 0 Å². The number of phosphoric ester groups is 2. The molecule has 0 spiro atoms. The Hall–Kier alpha value is -1.94. The van der Waals surface area contributed by atoms with Crippen LogP contribution < -0.4 is 0 Å². The summed E-state index contributed by atoms with van der Waals surface area (Å²) in [6, 6.07) is 0. The molecule has 5 atom stereocenters. The van der Waals surface area contributed by atoms with Gasteiger partial charge in [-0.05, 0) is 43.4 Å². The summed E-state index contributed by atoms with van der Waals surface area (Å²) >= 11 is 0. The van der Waals surface area contributed by atoms with Gasteiger partial charge < -0.3 is 33.8 Å². The highest BCUT2D eigenvalue weighted by molar-refractivity contribution is 7.47. The van der Waals surface area contributed by atoms with Crippen LogP contribution in [0.2, 0.25) is 0 Å². The molecule has 0 aromatic rings. The number of unbranched alkanes of at least 4 members (excludes halogenated alkanes) is 40. The summed E-state index contributed by atoms with van der Waals surface area (Å²) in [6.45, 7) is 11.9. The summed E-state index contributed by atoms with van der Waals surface area (Å²) in [5.41, 5.74) is 0. The van der Waals surface area contributed by atoms with Crippen molar-refractivity contribution < 1.29 is 80.2 Å². The van der Waals surface area contributed by atoms with Crippen molar-refractivity contribution in [1.29, 1.82) is 0 Å². The highest BCUT2D eigenvalue weighted by Gasteiger charge is 2.30. The summed E-state index contributed by atoms with van der Waals surface area (Å²) < 4.78 is 68.5. The number of carbonyl (C=O) groups is 4. The minimum atomic E-state index is -4.96. The van der Waals surface area contributed by atoms with Crippen LogP contribution in [0.25, 0.3) is 0 Å². The van der Waals surface area contributed by atoms with E-state index in [9.17, 15) is 43.2 Å². The number of hydrogen-bond donors (Lipinski definition) is 3. The molecule has 0 saturated heterocycles. The molecule has 0 radical (unpaired) electrons. The first-order chi connectivity index (χ1) is 44.7. The maximum atomic E-state index is 13.1. The lowest BCUT2D eigenvalue weighted by Crippen LogP contribution is -2.30. The molecule has 93 heavy (non-hydrogen) atoms. The summed E-state index contributed by atoms with van der Waals surface area (Å²) in [5.74, 6) is 0.191. The molecule has 0 aliphatic heterocycles. The third kappa shape index (κ3) is 68.4. The molecule has 0 aromatic carbocycles. The lowest BCUT2D eigenvalue weighted by molar-refractivity contribution is -0.161. The fraction of sp³-hybridized carbons (Fsp3) is 0.946. The first-order valence-electron chi connectivity index (χ1n) is 38.3. The molecule has 0 fully saturated rings. The Balaban J connectivity index is 5.26. The highest BCUT2D eigenvalue weighted by atomic mass is 31.2. The van der Waals surface area contributed by atoms with Crippen molar-refractivity contribution in [2.24, 2.45) is 17.8 Å². The first kappa shape index (κ1) is 91.1. The topological polar surface area (TPSA) is 237 Å². The number of ether oxygens (including phenoxy) is 4. The van der Waals surface area contributed by atoms with Crippen molar-refractivity contribution >= 4 is 39.5 Å². The molecule has 0 bridgehead atoms. The number of hydrogen-bond acceptors (Lipinski definition) is 15. The highest BCUT2D eigenvalue weighted by Crippen LogP contribution is 2.45. The van der Waals surface area contributed by atoms with Crippen molar-refractivity contribution in [2.45, 2.75) is 394 Å². The zero-order valence-corrected chi connectivity index (χ0v) is 62.5. The van der Waals surface area contributed by atoms with Crippen LogP contribution >= 0.6 is 15.6 Å². The van der Waals surface area contributed by atoms with Gasteiger partial charge in [0, 0.05) is 25.7 Å². The molecule has 0 rings (SSSR count). The number of esters is 4. The van der Waals surface area contributed by atoms with Gasteiger partial charge in [0.2, 0.25) is 0 Å². The molecule has 0 saturated carbocycles. The van der Waals surface area contributed by atoms with Gasteiger partial charge in [-0.2, -0.15) is 0 Å². The maximum Gasteiger partial charge on any atom is 0.472 e. The molecule has 0 heterocycles. The zero-order valence-electron chi connectivity index (χ0n) is 60.7. The van der Waals surface area contributed by atoms with Crippen molar-refractivity contribution in [2.75, 3.05) is 39.6 Å². The average Bonchev–Trinajstić information content (AvgIpc) is 3.04.